The van der Waals surface area contributed by atoms with Gasteiger partial charge in [-0.3, -0.25) is 14.1 Å². The fourth-order valence-electron chi connectivity index (χ4n) is 4.30. The zero-order chi connectivity index (χ0) is 19.0. The Labute approximate surface area is 173 Å². The molecule has 1 aromatic carbocycles. The summed E-state index contributed by atoms with van der Waals surface area (Å²) in [5.41, 5.74) is 5.23. The van der Waals surface area contributed by atoms with Crippen molar-refractivity contribution in [3.63, 3.8) is 0 Å². The zero-order valence-corrected chi connectivity index (χ0v) is 17.6. The average Bonchev–Trinajstić information content (AvgIpc) is 3.01. The van der Waals surface area contributed by atoms with Crippen LogP contribution in [0.4, 0.5) is 5.82 Å². The Balaban J connectivity index is 0.00000225. The van der Waals surface area contributed by atoms with Crippen molar-refractivity contribution in [1.29, 1.82) is 0 Å². The van der Waals surface area contributed by atoms with E-state index in [2.05, 4.69) is 42.5 Å². The lowest BCUT2D eigenvalue weighted by molar-refractivity contribution is -0.117. The van der Waals surface area contributed by atoms with Crippen molar-refractivity contribution in [2.75, 3.05) is 4.90 Å². The summed E-state index contributed by atoms with van der Waals surface area (Å²) in [6.07, 6.45) is 7.80. The number of fused-ring (bicyclic) bond motifs is 1. The molecule has 4 nitrogen and oxygen atoms in total. The number of benzene rings is 1. The lowest BCUT2D eigenvalue weighted by Gasteiger charge is -2.33. The maximum atomic E-state index is 12.8. The quantitative estimate of drug-likeness (QED) is 0.566. The molecule has 2 heterocycles. The minimum Gasteiger partial charge on any atom is -0.293 e. The zero-order valence-electron chi connectivity index (χ0n) is 16.8. The Bertz CT molecular complexity index is 989. The summed E-state index contributed by atoms with van der Waals surface area (Å²) in [5.74, 6) is 1.01. The number of aryl methyl sites for hydroxylation is 2. The normalized spacial score (nSPS) is 14.7. The van der Waals surface area contributed by atoms with E-state index in [0.717, 1.165) is 35.6 Å². The van der Waals surface area contributed by atoms with Crippen molar-refractivity contribution in [3.8, 4) is 11.3 Å². The number of rotatable bonds is 3. The van der Waals surface area contributed by atoms with Gasteiger partial charge in [0.2, 0.25) is 5.91 Å². The second kappa shape index (κ2) is 8.36. The third-order valence-electron chi connectivity index (χ3n) is 5.66. The van der Waals surface area contributed by atoms with Crippen molar-refractivity contribution in [2.24, 2.45) is 0 Å². The molecule has 0 saturated heterocycles. The van der Waals surface area contributed by atoms with Crippen molar-refractivity contribution < 1.29 is 4.79 Å². The van der Waals surface area contributed by atoms with Crippen LogP contribution >= 0.6 is 12.4 Å². The summed E-state index contributed by atoms with van der Waals surface area (Å²) in [5, 5.41) is 0. The Kier molecular flexibility index (Phi) is 6.09. The molecular formula is C23H28ClN3O. The van der Waals surface area contributed by atoms with Gasteiger partial charge in [0.15, 0.2) is 0 Å². The van der Waals surface area contributed by atoms with E-state index < -0.39 is 0 Å². The molecule has 2 aromatic heterocycles. The molecule has 1 fully saturated rings. The topological polar surface area (TPSA) is 37.6 Å². The van der Waals surface area contributed by atoms with Gasteiger partial charge in [-0.05, 0) is 49.9 Å². The van der Waals surface area contributed by atoms with Gasteiger partial charge in [-0.15, -0.1) is 12.4 Å². The molecule has 148 valence electrons. The molecule has 1 aliphatic carbocycles. The van der Waals surface area contributed by atoms with Crippen LogP contribution in [0.15, 0.2) is 42.6 Å². The van der Waals surface area contributed by atoms with Gasteiger partial charge in [0.05, 0.1) is 0 Å². The minimum atomic E-state index is 0. The van der Waals surface area contributed by atoms with Crippen LogP contribution in [-0.4, -0.2) is 21.3 Å². The number of pyridine rings is 1. The number of hydrogen-bond acceptors (Lipinski definition) is 2. The monoisotopic (exact) mass is 397 g/mol. The fraction of sp³-hybridized carbons (Fsp3) is 0.391. The van der Waals surface area contributed by atoms with Crippen LogP contribution in [0.1, 0.15) is 50.2 Å². The van der Waals surface area contributed by atoms with Crippen LogP contribution in [0.5, 0.6) is 0 Å². The standard InChI is InChI=1S/C23H27N3O.ClH/c1-16-13-14-25-21(15-16)24-22(20-12-8-7-9-17(20)2)23(25)26(18(3)27)19-10-5-4-6-11-19;/h7-9,12-15,19H,4-6,10-11H2,1-3H3;1H. The van der Waals surface area contributed by atoms with Crippen LogP contribution in [0.25, 0.3) is 16.9 Å². The van der Waals surface area contributed by atoms with E-state index >= 15 is 0 Å². The second-order valence-corrected chi connectivity index (χ2v) is 7.71. The SMILES string of the molecule is CC(=O)N(c1c(-c2ccccc2C)nc2cc(C)ccn12)C1CCCCC1.Cl. The Hall–Kier alpha value is -2.33. The fourth-order valence-corrected chi connectivity index (χ4v) is 4.30. The number of hydrogen-bond donors (Lipinski definition) is 0. The van der Waals surface area contributed by atoms with Gasteiger partial charge in [-0.1, -0.05) is 43.5 Å². The molecule has 1 saturated carbocycles. The Morgan fingerprint density at radius 1 is 1.11 bits per heavy atom. The first-order valence-electron chi connectivity index (χ1n) is 9.91. The second-order valence-electron chi connectivity index (χ2n) is 7.71. The van der Waals surface area contributed by atoms with Gasteiger partial charge < -0.3 is 0 Å². The van der Waals surface area contributed by atoms with E-state index in [1.165, 1.54) is 30.4 Å². The number of imidazole rings is 1. The molecule has 28 heavy (non-hydrogen) atoms. The summed E-state index contributed by atoms with van der Waals surface area (Å²) in [6.45, 7) is 5.86. The van der Waals surface area contributed by atoms with Gasteiger partial charge in [0.25, 0.3) is 0 Å². The molecule has 0 spiro atoms. The summed E-state index contributed by atoms with van der Waals surface area (Å²) in [4.78, 5) is 19.8. The van der Waals surface area contributed by atoms with Crippen molar-refractivity contribution in [1.82, 2.24) is 9.38 Å². The molecule has 0 radical (unpaired) electrons. The number of carbonyl (C=O) groups is 1. The highest BCUT2D eigenvalue weighted by Gasteiger charge is 2.30. The van der Waals surface area contributed by atoms with E-state index in [4.69, 9.17) is 4.98 Å². The average molecular weight is 398 g/mol. The number of nitrogens with zero attached hydrogens (tertiary/aromatic N) is 3. The van der Waals surface area contributed by atoms with E-state index in [-0.39, 0.29) is 24.4 Å². The van der Waals surface area contributed by atoms with Crippen LogP contribution in [0.2, 0.25) is 0 Å². The molecule has 0 atom stereocenters. The van der Waals surface area contributed by atoms with E-state index in [1.54, 1.807) is 6.92 Å². The molecule has 4 rings (SSSR count). The Morgan fingerprint density at radius 2 is 1.82 bits per heavy atom. The first-order valence-corrected chi connectivity index (χ1v) is 9.91. The number of halogens is 1. The predicted octanol–water partition coefficient (Wildman–Crippen LogP) is 5.73. The molecule has 5 heteroatoms. The van der Waals surface area contributed by atoms with Crippen LogP contribution in [-0.2, 0) is 4.79 Å². The maximum absolute atomic E-state index is 12.8. The van der Waals surface area contributed by atoms with Crippen molar-refractivity contribution >= 4 is 29.8 Å². The minimum absolute atomic E-state index is 0. The first-order chi connectivity index (χ1) is 13.1. The summed E-state index contributed by atoms with van der Waals surface area (Å²) in [6, 6.07) is 12.7. The number of anilines is 1. The van der Waals surface area contributed by atoms with Gasteiger partial charge in [0.1, 0.15) is 17.2 Å². The molecule has 1 amide bonds. The molecular weight excluding hydrogens is 370 g/mol. The van der Waals surface area contributed by atoms with Gasteiger partial charge in [-0.2, -0.15) is 0 Å². The third-order valence-corrected chi connectivity index (χ3v) is 5.66. The highest BCUT2D eigenvalue weighted by atomic mass is 35.5. The van der Waals surface area contributed by atoms with Crippen LogP contribution < -0.4 is 4.90 Å². The van der Waals surface area contributed by atoms with Crippen molar-refractivity contribution in [3.05, 3.63) is 53.7 Å². The third kappa shape index (κ3) is 3.66. The van der Waals surface area contributed by atoms with Crippen LogP contribution in [0, 0.1) is 13.8 Å². The number of carbonyl (C=O) groups excluding carboxylic acids is 1. The Morgan fingerprint density at radius 3 is 2.50 bits per heavy atom. The van der Waals surface area contributed by atoms with E-state index in [9.17, 15) is 4.79 Å². The van der Waals surface area contributed by atoms with Crippen molar-refractivity contribution in [2.45, 2.75) is 58.9 Å². The highest BCUT2D eigenvalue weighted by molar-refractivity contribution is 5.96. The lowest BCUT2D eigenvalue weighted by Crippen LogP contribution is -2.41. The first kappa shape index (κ1) is 20.4. The summed E-state index contributed by atoms with van der Waals surface area (Å²) in [7, 11) is 0. The molecule has 0 N–H and O–H groups in total. The van der Waals surface area contributed by atoms with Crippen LogP contribution in [0.3, 0.4) is 0 Å². The smallest absolute Gasteiger partial charge is 0.225 e. The summed E-state index contributed by atoms with van der Waals surface area (Å²) < 4.78 is 2.09. The lowest BCUT2D eigenvalue weighted by atomic mass is 9.93. The largest absolute Gasteiger partial charge is 0.293 e. The number of aromatic nitrogens is 2. The molecule has 0 aliphatic heterocycles. The molecule has 3 aromatic rings. The highest BCUT2D eigenvalue weighted by Crippen LogP contribution is 2.37. The van der Waals surface area contributed by atoms with E-state index in [0.29, 0.717) is 0 Å². The maximum Gasteiger partial charge on any atom is 0.225 e. The molecule has 0 unspecified atom stereocenters. The molecule has 1 aliphatic rings. The van der Waals surface area contributed by atoms with Gasteiger partial charge >= 0.3 is 0 Å². The summed E-state index contributed by atoms with van der Waals surface area (Å²) >= 11 is 0. The van der Waals surface area contributed by atoms with Gasteiger partial charge in [-0.25, -0.2) is 4.98 Å². The van der Waals surface area contributed by atoms with Gasteiger partial charge in [0, 0.05) is 24.7 Å². The predicted molar refractivity (Wildman–Crippen MR) is 117 cm³/mol. The number of amides is 1. The molecule has 0 bridgehead atoms. The van der Waals surface area contributed by atoms with E-state index in [1.807, 2.05) is 23.2 Å².